The highest BCUT2D eigenvalue weighted by Gasteiger charge is 2.21. The summed E-state index contributed by atoms with van der Waals surface area (Å²) >= 11 is 0. The van der Waals surface area contributed by atoms with E-state index in [2.05, 4.69) is 15.5 Å². The SMILES string of the molecule is Cc1oc2c(c(C)cc3oc(=O)c(CC(=O)NCCc4nc(-c5ccccc5)no4)c(C)c32)c1C. The number of furan rings is 1. The molecule has 2 aromatic carbocycles. The molecule has 0 atom stereocenters. The van der Waals surface area contributed by atoms with Gasteiger partial charge in [-0.2, -0.15) is 4.98 Å². The van der Waals surface area contributed by atoms with Gasteiger partial charge in [-0.15, -0.1) is 0 Å². The van der Waals surface area contributed by atoms with Gasteiger partial charge in [0.2, 0.25) is 17.6 Å². The van der Waals surface area contributed by atoms with Crippen LogP contribution in [0.4, 0.5) is 0 Å². The minimum absolute atomic E-state index is 0.1000. The fourth-order valence-electron chi connectivity index (χ4n) is 4.43. The van der Waals surface area contributed by atoms with Crippen molar-refractivity contribution >= 4 is 27.8 Å². The molecule has 0 aliphatic carbocycles. The molecule has 8 nitrogen and oxygen atoms in total. The molecule has 3 aromatic heterocycles. The number of hydrogen-bond acceptors (Lipinski definition) is 7. The van der Waals surface area contributed by atoms with Crippen molar-refractivity contribution in [3.8, 4) is 11.4 Å². The zero-order valence-corrected chi connectivity index (χ0v) is 20.0. The molecular weight excluding hydrogens is 446 g/mol. The Kier molecular flexibility index (Phi) is 5.72. The van der Waals surface area contributed by atoms with E-state index < -0.39 is 5.63 Å². The van der Waals surface area contributed by atoms with Gasteiger partial charge in [-0.05, 0) is 50.5 Å². The quantitative estimate of drug-likeness (QED) is 0.357. The van der Waals surface area contributed by atoms with Gasteiger partial charge in [-0.1, -0.05) is 35.5 Å². The van der Waals surface area contributed by atoms with Crippen LogP contribution in [0, 0.1) is 27.7 Å². The zero-order chi connectivity index (χ0) is 24.7. The first-order chi connectivity index (χ1) is 16.8. The van der Waals surface area contributed by atoms with Crippen molar-refractivity contribution in [1.82, 2.24) is 15.5 Å². The first-order valence-corrected chi connectivity index (χ1v) is 11.4. The molecule has 0 saturated carbocycles. The van der Waals surface area contributed by atoms with E-state index in [1.165, 1.54) is 0 Å². The molecule has 8 heteroatoms. The van der Waals surface area contributed by atoms with E-state index in [9.17, 15) is 9.59 Å². The van der Waals surface area contributed by atoms with Crippen LogP contribution in [0.15, 0.2) is 54.6 Å². The summed E-state index contributed by atoms with van der Waals surface area (Å²) < 4.78 is 16.9. The number of carbonyl (C=O) groups is 1. The fraction of sp³-hybridized carbons (Fsp3) is 0.259. The van der Waals surface area contributed by atoms with Crippen molar-refractivity contribution in [1.29, 1.82) is 0 Å². The molecule has 0 fully saturated rings. The molecule has 0 unspecified atom stereocenters. The first kappa shape index (κ1) is 22.6. The summed E-state index contributed by atoms with van der Waals surface area (Å²) in [5.41, 5.74) is 4.52. The standard InChI is InChI=1S/C27H25N3O5/c1-14-12-20-24(25-23(14)15(2)17(4)33-25)16(3)19(27(32)34-20)13-21(31)28-11-10-22-29-26(30-35-22)18-8-6-5-7-9-18/h5-9,12H,10-11,13H2,1-4H3,(H,28,31). The minimum atomic E-state index is -0.520. The summed E-state index contributed by atoms with van der Waals surface area (Å²) in [6, 6.07) is 11.4. The lowest BCUT2D eigenvalue weighted by atomic mass is 9.98. The second kappa shape index (κ2) is 8.87. The van der Waals surface area contributed by atoms with Crippen molar-refractivity contribution < 1.29 is 18.2 Å². The van der Waals surface area contributed by atoms with E-state index in [0.29, 0.717) is 47.0 Å². The summed E-state index contributed by atoms with van der Waals surface area (Å²) in [5.74, 6) is 1.45. The fourth-order valence-corrected chi connectivity index (χ4v) is 4.43. The lowest BCUT2D eigenvalue weighted by Gasteiger charge is -2.10. The monoisotopic (exact) mass is 471 g/mol. The van der Waals surface area contributed by atoms with E-state index in [0.717, 1.165) is 33.2 Å². The van der Waals surface area contributed by atoms with Gasteiger partial charge >= 0.3 is 5.63 Å². The smallest absolute Gasteiger partial charge is 0.340 e. The minimum Gasteiger partial charge on any atom is -0.460 e. The molecule has 1 amide bonds. The molecule has 5 aromatic rings. The third-order valence-electron chi connectivity index (χ3n) is 6.38. The van der Waals surface area contributed by atoms with Crippen LogP contribution in [0.1, 0.15) is 33.9 Å². The predicted molar refractivity (Wildman–Crippen MR) is 131 cm³/mol. The topological polar surface area (TPSA) is 111 Å². The number of aromatic nitrogens is 2. The Morgan fingerprint density at radius 3 is 2.54 bits per heavy atom. The Bertz CT molecular complexity index is 1630. The van der Waals surface area contributed by atoms with E-state index in [-0.39, 0.29) is 12.3 Å². The average molecular weight is 472 g/mol. The molecule has 0 aliphatic heterocycles. The molecule has 3 heterocycles. The van der Waals surface area contributed by atoms with Gasteiger partial charge in [-0.25, -0.2) is 4.79 Å². The summed E-state index contributed by atoms with van der Waals surface area (Å²) in [6.45, 7) is 8.01. The first-order valence-electron chi connectivity index (χ1n) is 11.4. The second-order valence-electron chi connectivity index (χ2n) is 8.70. The van der Waals surface area contributed by atoms with Crippen molar-refractivity contribution in [2.75, 3.05) is 6.54 Å². The molecule has 1 N–H and O–H groups in total. The number of amides is 1. The maximum Gasteiger partial charge on any atom is 0.340 e. The molecule has 178 valence electrons. The Labute approximate surface area is 200 Å². The Balaban J connectivity index is 1.33. The van der Waals surface area contributed by atoms with Gasteiger partial charge in [0.15, 0.2) is 0 Å². The Morgan fingerprint density at radius 2 is 1.77 bits per heavy atom. The van der Waals surface area contributed by atoms with E-state index in [4.69, 9.17) is 13.4 Å². The van der Waals surface area contributed by atoms with Gasteiger partial charge in [0.05, 0.1) is 17.4 Å². The number of nitrogens with one attached hydrogen (secondary N) is 1. The van der Waals surface area contributed by atoms with Gasteiger partial charge in [0.25, 0.3) is 0 Å². The third kappa shape index (κ3) is 4.12. The number of fused-ring (bicyclic) bond motifs is 3. The van der Waals surface area contributed by atoms with Crippen LogP contribution in [-0.2, 0) is 17.6 Å². The van der Waals surface area contributed by atoms with Gasteiger partial charge < -0.3 is 18.7 Å². The predicted octanol–water partition coefficient (Wildman–Crippen LogP) is 4.72. The van der Waals surface area contributed by atoms with Gasteiger partial charge in [0, 0.05) is 23.9 Å². The van der Waals surface area contributed by atoms with Crippen molar-refractivity contribution in [3.05, 3.63) is 80.7 Å². The molecule has 0 radical (unpaired) electrons. The van der Waals surface area contributed by atoms with Crippen LogP contribution in [0.2, 0.25) is 0 Å². The number of aryl methyl sites for hydroxylation is 4. The van der Waals surface area contributed by atoms with E-state index in [1.54, 1.807) is 0 Å². The molecule has 35 heavy (non-hydrogen) atoms. The van der Waals surface area contributed by atoms with Crippen molar-refractivity contribution in [2.24, 2.45) is 0 Å². The van der Waals surface area contributed by atoms with Crippen LogP contribution >= 0.6 is 0 Å². The lowest BCUT2D eigenvalue weighted by Crippen LogP contribution is -2.29. The van der Waals surface area contributed by atoms with E-state index in [1.807, 2.05) is 64.1 Å². The van der Waals surface area contributed by atoms with Crippen LogP contribution < -0.4 is 10.9 Å². The Hall–Kier alpha value is -4.20. The number of benzene rings is 2. The largest absolute Gasteiger partial charge is 0.460 e. The maximum absolute atomic E-state index is 12.7. The van der Waals surface area contributed by atoms with Crippen LogP contribution in [0.3, 0.4) is 0 Å². The molecule has 5 rings (SSSR count). The molecule has 0 spiro atoms. The molecule has 0 aliphatic rings. The summed E-state index contributed by atoms with van der Waals surface area (Å²) in [5, 5.41) is 8.54. The molecule has 0 saturated heterocycles. The third-order valence-corrected chi connectivity index (χ3v) is 6.38. The lowest BCUT2D eigenvalue weighted by molar-refractivity contribution is -0.120. The number of rotatable bonds is 6. The number of carbonyl (C=O) groups excluding carboxylic acids is 1. The highest BCUT2D eigenvalue weighted by atomic mass is 16.5. The van der Waals surface area contributed by atoms with Crippen LogP contribution in [0.5, 0.6) is 0 Å². The second-order valence-corrected chi connectivity index (χ2v) is 8.70. The number of nitrogens with zero attached hydrogens (tertiary/aromatic N) is 2. The summed E-state index contributed by atoms with van der Waals surface area (Å²) in [6.07, 6.45) is 0.277. The summed E-state index contributed by atoms with van der Waals surface area (Å²) in [7, 11) is 0. The van der Waals surface area contributed by atoms with Gasteiger partial charge in [0.1, 0.15) is 16.9 Å². The molecular formula is C27H25N3O5. The molecule has 0 bridgehead atoms. The normalized spacial score (nSPS) is 11.4. The zero-order valence-electron chi connectivity index (χ0n) is 20.0. The van der Waals surface area contributed by atoms with Crippen molar-refractivity contribution in [3.63, 3.8) is 0 Å². The van der Waals surface area contributed by atoms with Gasteiger partial charge in [-0.3, -0.25) is 4.79 Å². The average Bonchev–Trinajstić information content (AvgIpc) is 3.42. The highest BCUT2D eigenvalue weighted by Crippen LogP contribution is 2.36. The Morgan fingerprint density at radius 1 is 1.00 bits per heavy atom. The highest BCUT2D eigenvalue weighted by molar-refractivity contribution is 6.07. The van der Waals surface area contributed by atoms with Crippen molar-refractivity contribution in [2.45, 2.75) is 40.5 Å². The van der Waals surface area contributed by atoms with E-state index >= 15 is 0 Å². The maximum atomic E-state index is 12.7. The number of hydrogen-bond donors (Lipinski definition) is 1. The van der Waals surface area contributed by atoms with Crippen LogP contribution in [-0.4, -0.2) is 22.6 Å². The summed E-state index contributed by atoms with van der Waals surface area (Å²) in [4.78, 5) is 29.8. The van der Waals surface area contributed by atoms with Crippen LogP contribution in [0.25, 0.3) is 33.3 Å².